The molecule has 2 atom stereocenters. The lowest BCUT2D eigenvalue weighted by molar-refractivity contribution is -0.928. The summed E-state index contributed by atoms with van der Waals surface area (Å²) in [4.78, 5) is 1.47. The van der Waals surface area contributed by atoms with E-state index in [1.54, 1.807) is 12.1 Å². The Balaban J connectivity index is 1.98. The predicted octanol–water partition coefficient (Wildman–Crippen LogP) is 1.02. The van der Waals surface area contributed by atoms with E-state index in [4.69, 9.17) is 4.74 Å². The standard InChI is InChI=1S/C13H18FNO/c1-10-7-15(8-11(2)16-10)9-12-4-3-5-13(14)6-12/h3-6,10-11H,7-9H2,1-2H3/p+1/t10-,11-/m0/s1. The molecule has 0 saturated carbocycles. The average molecular weight is 224 g/mol. The largest absolute Gasteiger partial charge is 0.364 e. The summed E-state index contributed by atoms with van der Waals surface area (Å²) in [5, 5.41) is 0. The summed E-state index contributed by atoms with van der Waals surface area (Å²) in [7, 11) is 0. The third-order valence-corrected chi connectivity index (χ3v) is 2.96. The molecule has 0 aromatic heterocycles. The zero-order chi connectivity index (χ0) is 11.5. The number of rotatable bonds is 2. The molecular formula is C13H19FNO+. The molecule has 0 radical (unpaired) electrons. The van der Waals surface area contributed by atoms with Crippen molar-refractivity contribution in [3.8, 4) is 0 Å². The molecule has 0 unspecified atom stereocenters. The van der Waals surface area contributed by atoms with Crippen LogP contribution in [0.2, 0.25) is 0 Å². The number of hydrogen-bond donors (Lipinski definition) is 1. The highest BCUT2D eigenvalue weighted by molar-refractivity contribution is 5.14. The highest BCUT2D eigenvalue weighted by atomic mass is 19.1. The number of benzene rings is 1. The Morgan fingerprint density at radius 3 is 2.62 bits per heavy atom. The number of quaternary nitrogens is 1. The molecule has 0 amide bonds. The van der Waals surface area contributed by atoms with Crippen LogP contribution in [0.15, 0.2) is 24.3 Å². The lowest BCUT2D eigenvalue weighted by Crippen LogP contribution is -3.14. The first kappa shape index (κ1) is 11.6. The van der Waals surface area contributed by atoms with Crippen molar-refractivity contribution in [1.29, 1.82) is 0 Å². The maximum atomic E-state index is 13.0. The maximum absolute atomic E-state index is 13.0. The van der Waals surface area contributed by atoms with Crippen LogP contribution in [0.3, 0.4) is 0 Å². The second kappa shape index (κ2) is 4.93. The number of hydrogen-bond acceptors (Lipinski definition) is 1. The van der Waals surface area contributed by atoms with E-state index in [2.05, 4.69) is 13.8 Å². The molecule has 1 aliphatic heterocycles. The van der Waals surface area contributed by atoms with Gasteiger partial charge in [0.15, 0.2) is 0 Å². The fraction of sp³-hybridized carbons (Fsp3) is 0.538. The Morgan fingerprint density at radius 1 is 1.31 bits per heavy atom. The summed E-state index contributed by atoms with van der Waals surface area (Å²) in [6.07, 6.45) is 0.597. The SMILES string of the molecule is C[C@H]1C[NH+](Cc2cccc(F)c2)C[C@H](C)O1. The second-order valence-electron chi connectivity index (χ2n) is 4.72. The van der Waals surface area contributed by atoms with E-state index in [1.807, 2.05) is 6.07 Å². The topological polar surface area (TPSA) is 13.7 Å². The van der Waals surface area contributed by atoms with Crippen molar-refractivity contribution in [2.24, 2.45) is 0 Å². The molecule has 1 N–H and O–H groups in total. The van der Waals surface area contributed by atoms with Crippen molar-refractivity contribution in [3.05, 3.63) is 35.6 Å². The molecule has 3 heteroatoms. The fourth-order valence-corrected chi connectivity index (χ4v) is 2.47. The van der Waals surface area contributed by atoms with E-state index in [9.17, 15) is 4.39 Å². The molecule has 1 aliphatic rings. The van der Waals surface area contributed by atoms with Crippen molar-refractivity contribution < 1.29 is 14.0 Å². The third-order valence-electron chi connectivity index (χ3n) is 2.96. The smallest absolute Gasteiger partial charge is 0.123 e. The van der Waals surface area contributed by atoms with E-state index >= 15 is 0 Å². The molecule has 2 rings (SSSR count). The Labute approximate surface area is 96.0 Å². The molecule has 1 saturated heterocycles. The monoisotopic (exact) mass is 224 g/mol. The molecule has 0 spiro atoms. The average Bonchev–Trinajstić information content (AvgIpc) is 2.15. The van der Waals surface area contributed by atoms with Crippen molar-refractivity contribution in [2.45, 2.75) is 32.6 Å². The zero-order valence-corrected chi connectivity index (χ0v) is 9.87. The Morgan fingerprint density at radius 2 is 2.00 bits per heavy atom. The van der Waals surface area contributed by atoms with Crippen LogP contribution in [-0.4, -0.2) is 25.3 Å². The van der Waals surface area contributed by atoms with Gasteiger partial charge in [-0.25, -0.2) is 4.39 Å². The van der Waals surface area contributed by atoms with Crippen molar-refractivity contribution in [2.75, 3.05) is 13.1 Å². The molecular weight excluding hydrogens is 205 g/mol. The number of halogens is 1. The molecule has 1 fully saturated rings. The molecule has 0 aliphatic carbocycles. The molecule has 0 bridgehead atoms. The highest BCUT2D eigenvalue weighted by Gasteiger charge is 2.25. The van der Waals surface area contributed by atoms with Gasteiger partial charge in [-0.2, -0.15) is 0 Å². The molecule has 88 valence electrons. The minimum atomic E-state index is -0.147. The van der Waals surface area contributed by atoms with E-state index in [1.165, 1.54) is 11.0 Å². The van der Waals surface area contributed by atoms with Gasteiger partial charge in [-0.15, -0.1) is 0 Å². The van der Waals surface area contributed by atoms with Gasteiger partial charge in [-0.05, 0) is 26.0 Å². The van der Waals surface area contributed by atoms with Crippen LogP contribution in [0.4, 0.5) is 4.39 Å². The van der Waals surface area contributed by atoms with Gasteiger partial charge in [0, 0.05) is 5.56 Å². The van der Waals surface area contributed by atoms with Crippen molar-refractivity contribution >= 4 is 0 Å². The zero-order valence-electron chi connectivity index (χ0n) is 9.87. The van der Waals surface area contributed by atoms with Crippen LogP contribution in [0.5, 0.6) is 0 Å². The van der Waals surface area contributed by atoms with E-state index in [0.29, 0.717) is 12.2 Å². The van der Waals surface area contributed by atoms with Crippen LogP contribution < -0.4 is 4.90 Å². The van der Waals surface area contributed by atoms with Gasteiger partial charge in [0.05, 0.1) is 0 Å². The first-order chi connectivity index (χ1) is 7.63. The Hall–Kier alpha value is -0.930. The van der Waals surface area contributed by atoms with Gasteiger partial charge < -0.3 is 9.64 Å². The molecule has 2 nitrogen and oxygen atoms in total. The van der Waals surface area contributed by atoms with Crippen LogP contribution >= 0.6 is 0 Å². The first-order valence-electron chi connectivity index (χ1n) is 5.87. The van der Waals surface area contributed by atoms with Crippen molar-refractivity contribution in [3.63, 3.8) is 0 Å². The van der Waals surface area contributed by atoms with Crippen LogP contribution in [0.1, 0.15) is 19.4 Å². The maximum Gasteiger partial charge on any atom is 0.123 e. The summed E-state index contributed by atoms with van der Waals surface area (Å²) >= 11 is 0. The summed E-state index contributed by atoms with van der Waals surface area (Å²) in [6.45, 7) is 7.08. The fourth-order valence-electron chi connectivity index (χ4n) is 2.47. The predicted molar refractivity (Wildman–Crippen MR) is 60.8 cm³/mol. The Kier molecular flexibility index (Phi) is 3.56. The van der Waals surface area contributed by atoms with E-state index in [-0.39, 0.29) is 5.82 Å². The van der Waals surface area contributed by atoms with Gasteiger partial charge in [0.1, 0.15) is 37.7 Å². The summed E-state index contributed by atoms with van der Waals surface area (Å²) in [6, 6.07) is 6.87. The number of morpholine rings is 1. The lowest BCUT2D eigenvalue weighted by atomic mass is 10.1. The number of ether oxygens (including phenoxy) is 1. The summed E-state index contributed by atoms with van der Waals surface area (Å²) in [5.41, 5.74) is 1.07. The first-order valence-corrected chi connectivity index (χ1v) is 5.87. The van der Waals surface area contributed by atoms with Crippen LogP contribution in [0, 0.1) is 5.82 Å². The third kappa shape index (κ3) is 3.03. The quantitative estimate of drug-likeness (QED) is 0.792. The van der Waals surface area contributed by atoms with Gasteiger partial charge >= 0.3 is 0 Å². The van der Waals surface area contributed by atoms with Crippen LogP contribution in [-0.2, 0) is 11.3 Å². The van der Waals surface area contributed by atoms with Gasteiger partial charge in [-0.3, -0.25) is 0 Å². The van der Waals surface area contributed by atoms with Gasteiger partial charge in [-0.1, -0.05) is 12.1 Å². The minimum absolute atomic E-state index is 0.147. The molecule has 1 aromatic carbocycles. The number of nitrogens with one attached hydrogen (secondary N) is 1. The molecule has 16 heavy (non-hydrogen) atoms. The highest BCUT2D eigenvalue weighted by Crippen LogP contribution is 2.03. The van der Waals surface area contributed by atoms with Crippen molar-refractivity contribution in [1.82, 2.24) is 0 Å². The van der Waals surface area contributed by atoms with E-state index in [0.717, 1.165) is 25.2 Å². The van der Waals surface area contributed by atoms with E-state index < -0.39 is 0 Å². The minimum Gasteiger partial charge on any atom is -0.364 e. The lowest BCUT2D eigenvalue weighted by Gasteiger charge is -2.32. The molecule has 1 aromatic rings. The molecule has 1 heterocycles. The van der Waals surface area contributed by atoms with Crippen LogP contribution in [0.25, 0.3) is 0 Å². The second-order valence-corrected chi connectivity index (χ2v) is 4.72. The van der Waals surface area contributed by atoms with Gasteiger partial charge in [0.25, 0.3) is 0 Å². The summed E-state index contributed by atoms with van der Waals surface area (Å²) < 4.78 is 18.7. The summed E-state index contributed by atoms with van der Waals surface area (Å²) in [5.74, 6) is -0.147. The normalized spacial score (nSPS) is 30.3. The Bertz CT molecular complexity index is 346. The van der Waals surface area contributed by atoms with Gasteiger partial charge in [0.2, 0.25) is 0 Å².